The molecule has 0 saturated carbocycles. The zero-order valence-electron chi connectivity index (χ0n) is 17.6. The molecule has 30 heavy (non-hydrogen) atoms. The predicted octanol–water partition coefficient (Wildman–Crippen LogP) is 4.14. The van der Waals surface area contributed by atoms with E-state index in [9.17, 15) is 4.79 Å². The van der Waals surface area contributed by atoms with E-state index in [2.05, 4.69) is 30.4 Å². The van der Waals surface area contributed by atoms with Crippen molar-refractivity contribution in [2.45, 2.75) is 45.6 Å². The molecule has 7 nitrogen and oxygen atoms in total. The van der Waals surface area contributed by atoms with Crippen molar-refractivity contribution in [1.29, 1.82) is 0 Å². The quantitative estimate of drug-likeness (QED) is 0.765. The van der Waals surface area contributed by atoms with E-state index in [0.717, 1.165) is 67.7 Å². The van der Waals surface area contributed by atoms with Gasteiger partial charge in [0, 0.05) is 49.0 Å². The summed E-state index contributed by atoms with van der Waals surface area (Å²) in [5, 5.41) is 6.77. The Morgan fingerprint density at radius 2 is 1.77 bits per heavy atom. The monoisotopic (exact) mass is 428 g/mol. The van der Waals surface area contributed by atoms with E-state index in [1.165, 1.54) is 12.8 Å². The molecule has 0 aliphatic carbocycles. The van der Waals surface area contributed by atoms with Gasteiger partial charge in [-0.05, 0) is 57.7 Å². The second-order valence-electron chi connectivity index (χ2n) is 8.13. The van der Waals surface area contributed by atoms with E-state index in [4.69, 9.17) is 11.6 Å². The maximum atomic E-state index is 12.7. The molecule has 2 aliphatic rings. The molecule has 2 amide bonds. The summed E-state index contributed by atoms with van der Waals surface area (Å²) in [5.74, 6) is 1.76. The third-order valence-electron chi connectivity index (χ3n) is 5.76. The number of aryl methyl sites for hydroxylation is 2. The number of halogens is 1. The lowest BCUT2D eigenvalue weighted by Crippen LogP contribution is -2.46. The highest BCUT2D eigenvalue weighted by Crippen LogP contribution is 2.31. The molecule has 2 saturated heterocycles. The van der Waals surface area contributed by atoms with Crippen LogP contribution in [-0.4, -0.2) is 48.2 Å². The van der Waals surface area contributed by atoms with E-state index in [1.807, 2.05) is 38.1 Å². The number of benzene rings is 1. The average molecular weight is 429 g/mol. The normalized spacial score (nSPS) is 17.3. The standard InChI is InChI=1S/C22H29ClN6O/c1-15-13-21(25-16(2)24-15)29-11-7-18(8-12-29)26-22(30)27-19-14-17(23)5-6-20(19)28-9-3-4-10-28/h5-6,13-14,18H,3-4,7-12H2,1-2H3,(H2,26,27,30). The van der Waals surface area contributed by atoms with Crippen LogP contribution >= 0.6 is 11.6 Å². The highest BCUT2D eigenvalue weighted by molar-refractivity contribution is 6.31. The summed E-state index contributed by atoms with van der Waals surface area (Å²) in [6, 6.07) is 7.69. The van der Waals surface area contributed by atoms with Gasteiger partial charge in [-0.2, -0.15) is 0 Å². The number of nitrogens with one attached hydrogen (secondary N) is 2. The lowest BCUT2D eigenvalue weighted by Gasteiger charge is -2.33. The van der Waals surface area contributed by atoms with Crippen molar-refractivity contribution in [3.63, 3.8) is 0 Å². The van der Waals surface area contributed by atoms with Gasteiger partial charge in [0.15, 0.2) is 0 Å². The highest BCUT2D eigenvalue weighted by Gasteiger charge is 2.23. The number of aromatic nitrogens is 2. The number of carbonyl (C=O) groups excluding carboxylic acids is 1. The second kappa shape index (κ2) is 9.08. The first-order valence-corrected chi connectivity index (χ1v) is 11.0. The van der Waals surface area contributed by atoms with Gasteiger partial charge in [-0.1, -0.05) is 11.6 Å². The Morgan fingerprint density at radius 1 is 1.03 bits per heavy atom. The minimum absolute atomic E-state index is 0.139. The van der Waals surface area contributed by atoms with Crippen molar-refractivity contribution in [3.8, 4) is 0 Å². The molecule has 0 bridgehead atoms. The summed E-state index contributed by atoms with van der Waals surface area (Å²) in [7, 11) is 0. The summed E-state index contributed by atoms with van der Waals surface area (Å²) in [6.45, 7) is 7.65. The zero-order valence-corrected chi connectivity index (χ0v) is 18.4. The van der Waals surface area contributed by atoms with Gasteiger partial charge in [0.2, 0.25) is 0 Å². The predicted molar refractivity (Wildman–Crippen MR) is 122 cm³/mol. The molecule has 1 aromatic carbocycles. The fourth-order valence-electron chi connectivity index (χ4n) is 4.30. The Balaban J connectivity index is 1.34. The molecule has 2 aromatic rings. The molecule has 4 rings (SSSR count). The number of urea groups is 1. The SMILES string of the molecule is Cc1cc(N2CCC(NC(=O)Nc3cc(Cl)ccc3N3CCCC3)CC2)nc(C)n1. The number of carbonyl (C=O) groups is 1. The van der Waals surface area contributed by atoms with Crippen LogP contribution in [0.25, 0.3) is 0 Å². The molecule has 160 valence electrons. The number of hydrogen-bond donors (Lipinski definition) is 2. The van der Waals surface area contributed by atoms with Gasteiger partial charge in [-0.3, -0.25) is 0 Å². The summed E-state index contributed by atoms with van der Waals surface area (Å²) in [6.07, 6.45) is 4.12. The zero-order chi connectivity index (χ0) is 21.1. The van der Waals surface area contributed by atoms with Gasteiger partial charge < -0.3 is 20.4 Å². The Hall–Kier alpha value is -2.54. The van der Waals surface area contributed by atoms with Gasteiger partial charge in [-0.15, -0.1) is 0 Å². The minimum Gasteiger partial charge on any atom is -0.370 e. The second-order valence-corrected chi connectivity index (χ2v) is 8.57. The van der Waals surface area contributed by atoms with Gasteiger partial charge in [0.05, 0.1) is 11.4 Å². The van der Waals surface area contributed by atoms with Gasteiger partial charge in [-0.25, -0.2) is 14.8 Å². The van der Waals surface area contributed by atoms with Crippen LogP contribution in [0.15, 0.2) is 24.3 Å². The first-order valence-electron chi connectivity index (χ1n) is 10.7. The number of anilines is 3. The van der Waals surface area contributed by atoms with Crippen LogP contribution in [0.5, 0.6) is 0 Å². The smallest absolute Gasteiger partial charge is 0.319 e. The Kier molecular flexibility index (Phi) is 6.27. The summed E-state index contributed by atoms with van der Waals surface area (Å²) in [5.41, 5.74) is 2.79. The molecule has 2 N–H and O–H groups in total. The summed E-state index contributed by atoms with van der Waals surface area (Å²) >= 11 is 6.19. The highest BCUT2D eigenvalue weighted by atomic mass is 35.5. The van der Waals surface area contributed by atoms with Crippen LogP contribution in [0.3, 0.4) is 0 Å². The van der Waals surface area contributed by atoms with E-state index in [-0.39, 0.29) is 12.1 Å². The number of rotatable bonds is 4. The fourth-order valence-corrected chi connectivity index (χ4v) is 4.47. The Morgan fingerprint density at radius 3 is 2.47 bits per heavy atom. The number of hydrogen-bond acceptors (Lipinski definition) is 5. The van der Waals surface area contributed by atoms with Crippen molar-refractivity contribution in [2.24, 2.45) is 0 Å². The van der Waals surface area contributed by atoms with Crippen molar-refractivity contribution < 1.29 is 4.79 Å². The maximum absolute atomic E-state index is 12.7. The van der Waals surface area contributed by atoms with Crippen LogP contribution in [0.1, 0.15) is 37.2 Å². The van der Waals surface area contributed by atoms with Crippen molar-refractivity contribution >= 4 is 34.8 Å². The maximum Gasteiger partial charge on any atom is 0.319 e. The van der Waals surface area contributed by atoms with Gasteiger partial charge in [0.1, 0.15) is 11.6 Å². The van der Waals surface area contributed by atoms with Gasteiger partial charge >= 0.3 is 6.03 Å². The fraction of sp³-hybridized carbons (Fsp3) is 0.500. The van der Waals surface area contributed by atoms with Gasteiger partial charge in [0.25, 0.3) is 0 Å². The molecule has 0 atom stereocenters. The van der Waals surface area contributed by atoms with Crippen LogP contribution in [0, 0.1) is 13.8 Å². The third-order valence-corrected chi connectivity index (χ3v) is 6.00. The molecule has 1 aromatic heterocycles. The van der Waals surface area contributed by atoms with Crippen molar-refractivity contribution in [2.75, 3.05) is 41.3 Å². The number of piperidine rings is 1. The first kappa shape index (κ1) is 20.7. The molecule has 2 aliphatic heterocycles. The van der Waals surface area contributed by atoms with Crippen LogP contribution in [0.2, 0.25) is 5.02 Å². The molecule has 2 fully saturated rings. The minimum atomic E-state index is -0.176. The van der Waals surface area contributed by atoms with E-state index in [0.29, 0.717) is 5.02 Å². The van der Waals surface area contributed by atoms with Crippen LogP contribution in [-0.2, 0) is 0 Å². The first-order chi connectivity index (χ1) is 14.5. The lowest BCUT2D eigenvalue weighted by atomic mass is 10.1. The van der Waals surface area contributed by atoms with Crippen molar-refractivity contribution in [3.05, 3.63) is 40.8 Å². The number of nitrogens with zero attached hydrogens (tertiary/aromatic N) is 4. The molecular weight excluding hydrogens is 400 g/mol. The molecule has 0 spiro atoms. The lowest BCUT2D eigenvalue weighted by molar-refractivity contribution is 0.246. The van der Waals surface area contributed by atoms with E-state index >= 15 is 0 Å². The molecule has 0 unspecified atom stereocenters. The topological polar surface area (TPSA) is 73.4 Å². The summed E-state index contributed by atoms with van der Waals surface area (Å²) < 4.78 is 0. The number of amides is 2. The molecular formula is C22H29ClN6O. The third kappa shape index (κ3) is 4.95. The van der Waals surface area contributed by atoms with Crippen LogP contribution < -0.4 is 20.4 Å². The summed E-state index contributed by atoms with van der Waals surface area (Å²) in [4.78, 5) is 26.1. The molecule has 0 radical (unpaired) electrons. The average Bonchev–Trinajstić information content (AvgIpc) is 3.22. The van der Waals surface area contributed by atoms with E-state index < -0.39 is 0 Å². The largest absolute Gasteiger partial charge is 0.370 e. The Labute approximate surface area is 182 Å². The van der Waals surface area contributed by atoms with Crippen molar-refractivity contribution in [1.82, 2.24) is 15.3 Å². The molecule has 3 heterocycles. The Bertz CT molecular complexity index is 886. The van der Waals surface area contributed by atoms with E-state index in [1.54, 1.807) is 0 Å². The molecule has 8 heteroatoms. The van der Waals surface area contributed by atoms with Crippen LogP contribution in [0.4, 0.5) is 22.0 Å².